The fraction of sp³-hybridized carbons (Fsp3) is 0.278. The van der Waals surface area contributed by atoms with Crippen molar-refractivity contribution in [3.63, 3.8) is 0 Å². The highest BCUT2D eigenvalue weighted by molar-refractivity contribution is 5.77. The molecule has 0 saturated carbocycles. The van der Waals surface area contributed by atoms with Crippen LogP contribution in [0, 0.1) is 17.5 Å². The molecule has 0 bridgehead atoms. The zero-order valence-corrected chi connectivity index (χ0v) is 13.7. The lowest BCUT2D eigenvalue weighted by Crippen LogP contribution is -2.21. The second kappa shape index (κ2) is 8.53. The van der Waals surface area contributed by atoms with Crippen LogP contribution in [0.4, 0.5) is 13.2 Å². The van der Waals surface area contributed by atoms with E-state index in [1.165, 1.54) is 12.1 Å². The van der Waals surface area contributed by atoms with Gasteiger partial charge in [0.25, 0.3) is 0 Å². The van der Waals surface area contributed by atoms with Gasteiger partial charge in [0.2, 0.25) is 0 Å². The molecule has 1 unspecified atom stereocenters. The molecule has 25 heavy (non-hydrogen) atoms. The minimum absolute atomic E-state index is 0.0391. The van der Waals surface area contributed by atoms with Crippen LogP contribution in [0.15, 0.2) is 36.4 Å². The molecule has 0 amide bonds. The molecule has 0 radical (unpaired) electrons. The number of ether oxygens (including phenoxy) is 3. The first kappa shape index (κ1) is 18.8. The third-order valence-corrected chi connectivity index (χ3v) is 3.23. The molecule has 134 valence electrons. The van der Waals surface area contributed by atoms with Gasteiger partial charge in [-0.05, 0) is 50.2 Å². The predicted octanol–water partition coefficient (Wildman–Crippen LogP) is 4.54. The van der Waals surface area contributed by atoms with E-state index in [0.717, 1.165) is 24.3 Å². The van der Waals surface area contributed by atoms with Crippen LogP contribution >= 0.6 is 0 Å². The van der Waals surface area contributed by atoms with E-state index in [1.807, 2.05) is 0 Å². The third kappa shape index (κ3) is 4.51. The van der Waals surface area contributed by atoms with Crippen molar-refractivity contribution in [1.29, 1.82) is 0 Å². The van der Waals surface area contributed by atoms with Crippen LogP contribution < -0.4 is 4.74 Å². The molecule has 7 heteroatoms. The molecule has 0 aliphatic rings. The molecule has 2 aromatic carbocycles. The normalized spacial score (nSPS) is 11.9. The minimum atomic E-state index is -1.55. The highest BCUT2D eigenvalue weighted by Crippen LogP contribution is 2.33. The van der Waals surface area contributed by atoms with Crippen LogP contribution in [0.5, 0.6) is 11.5 Å². The number of esters is 1. The van der Waals surface area contributed by atoms with E-state index in [2.05, 4.69) is 0 Å². The Hall–Kier alpha value is -2.54. The number of halogens is 3. The van der Waals surface area contributed by atoms with Gasteiger partial charge in [0.1, 0.15) is 17.4 Å². The summed E-state index contributed by atoms with van der Waals surface area (Å²) in [6, 6.07) is 6.90. The molecule has 2 aromatic rings. The van der Waals surface area contributed by atoms with Gasteiger partial charge in [0.05, 0.1) is 12.2 Å². The largest absolute Gasteiger partial charge is 0.464 e. The number of benzene rings is 2. The number of carbonyl (C=O) groups excluding carboxylic acids is 1. The van der Waals surface area contributed by atoms with Crippen LogP contribution in [0.3, 0.4) is 0 Å². The molecule has 0 heterocycles. The average molecular weight is 354 g/mol. The average Bonchev–Trinajstić information content (AvgIpc) is 2.59. The van der Waals surface area contributed by atoms with Crippen LogP contribution in [-0.4, -0.2) is 19.2 Å². The van der Waals surface area contributed by atoms with E-state index >= 15 is 0 Å². The number of rotatable bonds is 7. The van der Waals surface area contributed by atoms with E-state index in [4.69, 9.17) is 14.2 Å². The van der Waals surface area contributed by atoms with Gasteiger partial charge in [0, 0.05) is 6.61 Å². The SMILES string of the molecule is CCOC(=O)C(OCC)c1c(F)ccc(Oc2ccc(F)cc2)c1F. The van der Waals surface area contributed by atoms with Crippen molar-refractivity contribution in [2.45, 2.75) is 20.0 Å². The first-order chi connectivity index (χ1) is 12.0. The van der Waals surface area contributed by atoms with E-state index in [1.54, 1.807) is 13.8 Å². The maximum absolute atomic E-state index is 14.7. The van der Waals surface area contributed by atoms with Gasteiger partial charge in [-0.15, -0.1) is 0 Å². The molecule has 0 fully saturated rings. The number of hydrogen-bond donors (Lipinski definition) is 0. The molecular formula is C18H17F3O4. The van der Waals surface area contributed by atoms with Gasteiger partial charge in [0.15, 0.2) is 17.7 Å². The molecule has 2 rings (SSSR count). The van der Waals surface area contributed by atoms with Crippen molar-refractivity contribution >= 4 is 5.97 Å². The van der Waals surface area contributed by atoms with Gasteiger partial charge in [-0.25, -0.2) is 18.0 Å². The standard InChI is InChI=1S/C18H17F3O4/c1-3-23-17(18(22)24-4-2)15-13(20)9-10-14(16(15)21)25-12-7-5-11(19)6-8-12/h5-10,17H,3-4H2,1-2H3. The van der Waals surface area contributed by atoms with Crippen molar-refractivity contribution in [2.24, 2.45) is 0 Å². The summed E-state index contributed by atoms with van der Waals surface area (Å²) in [6.45, 7) is 3.24. The zero-order chi connectivity index (χ0) is 18.4. The Morgan fingerprint density at radius 3 is 2.28 bits per heavy atom. The van der Waals surface area contributed by atoms with Gasteiger partial charge in [-0.2, -0.15) is 0 Å². The lowest BCUT2D eigenvalue weighted by molar-refractivity contribution is -0.157. The second-order valence-corrected chi connectivity index (χ2v) is 4.92. The van der Waals surface area contributed by atoms with Crippen LogP contribution in [0.2, 0.25) is 0 Å². The lowest BCUT2D eigenvalue weighted by atomic mass is 10.1. The first-order valence-corrected chi connectivity index (χ1v) is 7.67. The molecular weight excluding hydrogens is 337 g/mol. The van der Waals surface area contributed by atoms with Gasteiger partial charge in [-0.3, -0.25) is 0 Å². The highest BCUT2D eigenvalue weighted by atomic mass is 19.1. The summed E-state index contributed by atoms with van der Waals surface area (Å²) in [4.78, 5) is 12.0. The Morgan fingerprint density at radius 1 is 1.00 bits per heavy atom. The molecule has 1 atom stereocenters. The molecule has 0 aliphatic heterocycles. The van der Waals surface area contributed by atoms with E-state index < -0.39 is 35.1 Å². The van der Waals surface area contributed by atoms with Crippen molar-refractivity contribution in [3.05, 3.63) is 59.4 Å². The maximum Gasteiger partial charge on any atom is 0.340 e. The summed E-state index contributed by atoms with van der Waals surface area (Å²) in [7, 11) is 0. The topological polar surface area (TPSA) is 44.8 Å². The van der Waals surface area contributed by atoms with Crippen molar-refractivity contribution in [3.8, 4) is 11.5 Å². The Balaban J connectivity index is 2.40. The lowest BCUT2D eigenvalue weighted by Gasteiger charge is -2.18. The van der Waals surface area contributed by atoms with Gasteiger partial charge >= 0.3 is 5.97 Å². The maximum atomic E-state index is 14.7. The summed E-state index contributed by atoms with van der Waals surface area (Å²) in [6.07, 6.45) is -1.55. The quantitative estimate of drug-likeness (QED) is 0.685. The molecule has 0 aliphatic carbocycles. The summed E-state index contributed by atoms with van der Waals surface area (Å²) < 4.78 is 57.1. The Kier molecular flexibility index (Phi) is 6.41. The number of carbonyl (C=O) groups is 1. The van der Waals surface area contributed by atoms with Crippen molar-refractivity contribution < 1.29 is 32.2 Å². The smallest absolute Gasteiger partial charge is 0.340 e. The minimum Gasteiger partial charge on any atom is -0.464 e. The third-order valence-electron chi connectivity index (χ3n) is 3.23. The predicted molar refractivity (Wildman–Crippen MR) is 83.8 cm³/mol. The fourth-order valence-corrected chi connectivity index (χ4v) is 2.15. The van der Waals surface area contributed by atoms with E-state index in [0.29, 0.717) is 0 Å². The highest BCUT2D eigenvalue weighted by Gasteiger charge is 2.31. The summed E-state index contributed by atoms with van der Waals surface area (Å²) in [5, 5.41) is 0. The monoisotopic (exact) mass is 354 g/mol. The van der Waals surface area contributed by atoms with E-state index in [9.17, 15) is 18.0 Å². The summed E-state index contributed by atoms with van der Waals surface area (Å²) >= 11 is 0. The van der Waals surface area contributed by atoms with Crippen molar-refractivity contribution in [2.75, 3.05) is 13.2 Å². The fourth-order valence-electron chi connectivity index (χ4n) is 2.15. The summed E-state index contributed by atoms with van der Waals surface area (Å²) in [5.74, 6) is -3.60. The Bertz CT molecular complexity index is 732. The van der Waals surface area contributed by atoms with Crippen molar-refractivity contribution in [1.82, 2.24) is 0 Å². The van der Waals surface area contributed by atoms with Gasteiger partial charge < -0.3 is 14.2 Å². The van der Waals surface area contributed by atoms with Crippen LogP contribution in [-0.2, 0) is 14.3 Å². The van der Waals surface area contributed by atoms with E-state index in [-0.39, 0.29) is 24.7 Å². The molecule has 0 spiro atoms. The van der Waals surface area contributed by atoms with Gasteiger partial charge in [-0.1, -0.05) is 0 Å². The second-order valence-electron chi connectivity index (χ2n) is 4.92. The van der Waals surface area contributed by atoms with Crippen LogP contribution in [0.1, 0.15) is 25.5 Å². The molecule has 0 N–H and O–H groups in total. The molecule has 4 nitrogen and oxygen atoms in total. The Morgan fingerprint density at radius 2 is 1.68 bits per heavy atom. The van der Waals surface area contributed by atoms with Crippen LogP contribution in [0.25, 0.3) is 0 Å². The first-order valence-electron chi connectivity index (χ1n) is 7.67. The number of hydrogen-bond acceptors (Lipinski definition) is 4. The summed E-state index contributed by atoms with van der Waals surface area (Å²) in [5.41, 5.74) is -0.597. The zero-order valence-electron chi connectivity index (χ0n) is 13.7. The Labute approximate surface area is 143 Å². The molecule has 0 aromatic heterocycles. The molecule has 0 saturated heterocycles.